The molecular weight excluding hydrogens is 280 g/mol. The van der Waals surface area contributed by atoms with Crippen LogP contribution in [0.1, 0.15) is 24.8 Å². The van der Waals surface area contributed by atoms with Crippen molar-refractivity contribution in [3.05, 3.63) is 29.6 Å². The predicted molar refractivity (Wildman–Crippen MR) is 67.0 cm³/mol. The van der Waals surface area contributed by atoms with Gasteiger partial charge in [-0.15, -0.1) is 0 Å². The van der Waals surface area contributed by atoms with Crippen molar-refractivity contribution in [1.29, 1.82) is 0 Å². The minimum absolute atomic E-state index is 0.0433. The van der Waals surface area contributed by atoms with Crippen LogP contribution < -0.4 is 4.74 Å². The van der Waals surface area contributed by atoms with Crippen LogP contribution in [0.25, 0.3) is 0 Å². The number of alkyl halides is 3. The average Bonchev–Trinajstić information content (AvgIpc) is 2.28. The summed E-state index contributed by atoms with van der Waals surface area (Å²) in [4.78, 5) is 0. The van der Waals surface area contributed by atoms with Gasteiger partial charge in [-0.05, 0) is 36.8 Å². The molecule has 0 amide bonds. The first kappa shape index (κ1) is 14.5. The second-order valence-corrected chi connectivity index (χ2v) is 5.26. The van der Waals surface area contributed by atoms with E-state index in [1.165, 1.54) is 6.07 Å². The van der Waals surface area contributed by atoms with Crippen LogP contribution >= 0.6 is 12.6 Å². The fourth-order valence-electron chi connectivity index (χ4n) is 2.07. The molecule has 1 saturated carbocycles. The highest BCUT2D eigenvalue weighted by atomic mass is 32.1. The maximum atomic E-state index is 13.1. The largest absolute Gasteiger partial charge is 0.493 e. The Morgan fingerprint density at radius 1 is 1.26 bits per heavy atom. The van der Waals surface area contributed by atoms with Gasteiger partial charge in [0.25, 0.3) is 0 Å². The third-order valence-electron chi connectivity index (χ3n) is 3.54. The van der Waals surface area contributed by atoms with Crippen molar-refractivity contribution in [2.45, 2.75) is 25.4 Å². The van der Waals surface area contributed by atoms with Gasteiger partial charge in [0.2, 0.25) is 0 Å². The van der Waals surface area contributed by atoms with Crippen LogP contribution in [0, 0.1) is 11.2 Å². The van der Waals surface area contributed by atoms with E-state index >= 15 is 0 Å². The zero-order valence-electron chi connectivity index (χ0n) is 10.1. The van der Waals surface area contributed by atoms with Crippen LogP contribution in [0.4, 0.5) is 17.6 Å². The van der Waals surface area contributed by atoms with Crippen molar-refractivity contribution in [3.63, 3.8) is 0 Å². The molecule has 2 rings (SSSR count). The number of hydrogen-bond acceptors (Lipinski definition) is 2. The number of benzene rings is 1. The maximum absolute atomic E-state index is 13.1. The van der Waals surface area contributed by atoms with E-state index in [1.54, 1.807) is 0 Å². The fraction of sp³-hybridized carbons (Fsp3) is 0.538. The molecule has 1 aromatic carbocycles. The third-order valence-corrected chi connectivity index (χ3v) is 4.21. The number of thiol groups is 1. The Balaban J connectivity index is 2.09. The van der Waals surface area contributed by atoms with Crippen molar-refractivity contribution in [1.82, 2.24) is 0 Å². The molecule has 1 aromatic rings. The van der Waals surface area contributed by atoms with Crippen LogP contribution in [-0.2, 0) is 6.18 Å². The summed E-state index contributed by atoms with van der Waals surface area (Å²) in [6.07, 6.45) is -1.70. The molecule has 106 valence electrons. The van der Waals surface area contributed by atoms with Crippen LogP contribution in [0.5, 0.6) is 5.75 Å². The Morgan fingerprint density at radius 2 is 1.95 bits per heavy atom. The molecule has 0 radical (unpaired) electrons. The summed E-state index contributed by atoms with van der Waals surface area (Å²) < 4.78 is 56.1. The van der Waals surface area contributed by atoms with Crippen molar-refractivity contribution in [2.24, 2.45) is 5.41 Å². The highest BCUT2D eigenvalue weighted by Crippen LogP contribution is 2.42. The summed E-state index contributed by atoms with van der Waals surface area (Å²) in [5.41, 5.74) is -1.34. The Bertz CT molecular complexity index is 449. The first-order chi connectivity index (χ1) is 8.86. The van der Waals surface area contributed by atoms with Crippen LogP contribution in [0.15, 0.2) is 18.2 Å². The van der Waals surface area contributed by atoms with Gasteiger partial charge in [-0.2, -0.15) is 25.8 Å². The summed E-state index contributed by atoms with van der Waals surface area (Å²) in [5, 5.41) is 0. The number of rotatable bonds is 4. The fourth-order valence-corrected chi connectivity index (χ4v) is 2.48. The van der Waals surface area contributed by atoms with E-state index in [4.69, 9.17) is 4.74 Å². The topological polar surface area (TPSA) is 9.23 Å². The lowest BCUT2D eigenvalue weighted by Gasteiger charge is -2.40. The van der Waals surface area contributed by atoms with E-state index in [2.05, 4.69) is 12.6 Å². The second kappa shape index (κ2) is 5.23. The van der Waals surface area contributed by atoms with E-state index in [0.717, 1.165) is 25.3 Å². The van der Waals surface area contributed by atoms with Gasteiger partial charge in [-0.1, -0.05) is 6.42 Å². The number of ether oxygens (including phenoxy) is 1. The van der Waals surface area contributed by atoms with Gasteiger partial charge in [0.05, 0.1) is 12.2 Å². The summed E-state index contributed by atoms with van der Waals surface area (Å²) >= 11 is 4.24. The van der Waals surface area contributed by atoms with Gasteiger partial charge in [-0.3, -0.25) is 0 Å². The normalized spacial score (nSPS) is 17.9. The van der Waals surface area contributed by atoms with Crippen molar-refractivity contribution < 1.29 is 22.3 Å². The molecule has 0 aliphatic heterocycles. The van der Waals surface area contributed by atoms with Gasteiger partial charge in [0, 0.05) is 5.41 Å². The molecule has 6 heteroatoms. The summed E-state index contributed by atoms with van der Waals surface area (Å²) in [6, 6.07) is 2.71. The van der Waals surface area contributed by atoms with Gasteiger partial charge in [0.15, 0.2) is 0 Å². The lowest BCUT2D eigenvalue weighted by atomic mass is 9.71. The Hall–Kier alpha value is -0.910. The number of hydrogen-bond donors (Lipinski definition) is 1. The summed E-state index contributed by atoms with van der Waals surface area (Å²) in [7, 11) is 0. The van der Waals surface area contributed by atoms with Gasteiger partial charge in [-0.25, -0.2) is 4.39 Å². The van der Waals surface area contributed by atoms with Crippen molar-refractivity contribution in [2.75, 3.05) is 12.4 Å². The first-order valence-corrected chi connectivity index (χ1v) is 6.60. The zero-order chi connectivity index (χ0) is 14.1. The lowest BCUT2D eigenvalue weighted by Crippen LogP contribution is -2.37. The molecule has 0 atom stereocenters. The molecule has 0 heterocycles. The molecule has 1 aliphatic carbocycles. The Kier molecular flexibility index (Phi) is 3.99. The molecular formula is C13H14F4OS. The standard InChI is InChI=1S/C13H14F4OS/c14-11-3-2-9(6-10(11)13(15,16)17)18-7-12(8-19)4-1-5-12/h2-3,6,19H,1,4-5,7-8H2. The lowest BCUT2D eigenvalue weighted by molar-refractivity contribution is -0.140. The molecule has 1 nitrogen and oxygen atoms in total. The van der Waals surface area contributed by atoms with Gasteiger partial charge >= 0.3 is 6.18 Å². The van der Waals surface area contributed by atoms with E-state index in [1.807, 2.05) is 0 Å². The molecule has 0 spiro atoms. The van der Waals surface area contributed by atoms with Crippen LogP contribution in [0.3, 0.4) is 0 Å². The molecule has 1 fully saturated rings. The molecule has 0 aromatic heterocycles. The van der Waals surface area contributed by atoms with E-state index in [0.29, 0.717) is 18.4 Å². The first-order valence-electron chi connectivity index (χ1n) is 5.97. The molecule has 0 N–H and O–H groups in total. The monoisotopic (exact) mass is 294 g/mol. The molecule has 0 unspecified atom stereocenters. The van der Waals surface area contributed by atoms with E-state index in [-0.39, 0.29) is 11.2 Å². The van der Waals surface area contributed by atoms with E-state index < -0.39 is 17.6 Å². The van der Waals surface area contributed by atoms with E-state index in [9.17, 15) is 17.6 Å². The third kappa shape index (κ3) is 3.16. The number of halogens is 4. The van der Waals surface area contributed by atoms with Crippen LogP contribution in [-0.4, -0.2) is 12.4 Å². The smallest absolute Gasteiger partial charge is 0.419 e. The Morgan fingerprint density at radius 3 is 2.42 bits per heavy atom. The highest BCUT2D eigenvalue weighted by molar-refractivity contribution is 7.80. The molecule has 0 bridgehead atoms. The zero-order valence-corrected chi connectivity index (χ0v) is 11.0. The molecule has 0 saturated heterocycles. The minimum atomic E-state index is -4.71. The molecule has 19 heavy (non-hydrogen) atoms. The summed E-state index contributed by atoms with van der Waals surface area (Å²) in [6.45, 7) is 0.319. The quantitative estimate of drug-likeness (QED) is 0.642. The second-order valence-electron chi connectivity index (χ2n) is 4.94. The van der Waals surface area contributed by atoms with Crippen molar-refractivity contribution in [3.8, 4) is 5.75 Å². The molecule has 1 aliphatic rings. The van der Waals surface area contributed by atoms with Crippen molar-refractivity contribution >= 4 is 12.6 Å². The minimum Gasteiger partial charge on any atom is -0.493 e. The van der Waals surface area contributed by atoms with Gasteiger partial charge in [0.1, 0.15) is 11.6 Å². The average molecular weight is 294 g/mol. The van der Waals surface area contributed by atoms with Crippen LogP contribution in [0.2, 0.25) is 0 Å². The maximum Gasteiger partial charge on any atom is 0.419 e. The highest BCUT2D eigenvalue weighted by Gasteiger charge is 2.37. The summed E-state index contributed by atoms with van der Waals surface area (Å²) in [5.74, 6) is -0.602. The SMILES string of the molecule is Fc1ccc(OCC2(CS)CCC2)cc1C(F)(F)F. The van der Waals surface area contributed by atoms with Gasteiger partial charge < -0.3 is 4.74 Å². The Labute approximate surface area is 114 Å². The predicted octanol–water partition coefficient (Wildman–Crippen LogP) is 4.32.